The van der Waals surface area contributed by atoms with Crippen LogP contribution in [-0.4, -0.2) is 54.8 Å². The van der Waals surface area contributed by atoms with E-state index in [0.29, 0.717) is 49.2 Å². The molecule has 33 heavy (non-hydrogen) atoms. The van der Waals surface area contributed by atoms with Crippen LogP contribution < -0.4 is 5.73 Å². The number of fused-ring (bicyclic) bond motifs is 5. The van der Waals surface area contributed by atoms with E-state index in [1.807, 2.05) is 0 Å². The topological polar surface area (TPSA) is 102 Å². The van der Waals surface area contributed by atoms with Crippen LogP contribution in [0.3, 0.4) is 0 Å². The number of hydrogen-bond donors (Lipinski definition) is 3. The van der Waals surface area contributed by atoms with E-state index in [1.165, 1.54) is 7.11 Å². The number of nitrogens with two attached hydrogens (primary N) is 1. The van der Waals surface area contributed by atoms with Gasteiger partial charge in [0, 0.05) is 13.0 Å². The first kappa shape index (κ1) is 25.4. The van der Waals surface area contributed by atoms with E-state index in [0.717, 1.165) is 51.4 Å². The molecule has 0 radical (unpaired) electrons. The van der Waals surface area contributed by atoms with Crippen LogP contribution in [0.1, 0.15) is 78.6 Å². The monoisotopic (exact) mass is 465 g/mol. The van der Waals surface area contributed by atoms with Crippen molar-refractivity contribution in [3.63, 3.8) is 0 Å². The SMILES string of the molecule is COC(=O)CC[C@@H](C)[C@H]1CCC2C3C(C[C@H](O)[C@@]21C)[C@@]1(C)CC[C@@H](OCCN)CC1C[C@H]3O. The molecule has 0 bridgehead atoms. The minimum atomic E-state index is -0.356. The zero-order chi connectivity index (χ0) is 24.0. The molecule has 190 valence electrons. The molecule has 4 unspecified atom stereocenters. The number of carbonyl (C=O) groups excluding carboxylic acids is 1. The van der Waals surface area contributed by atoms with Crippen molar-refractivity contribution in [3.8, 4) is 0 Å². The Kier molecular flexibility index (Phi) is 7.51. The predicted octanol–water partition coefficient (Wildman–Crippen LogP) is 3.52. The van der Waals surface area contributed by atoms with E-state index in [4.69, 9.17) is 15.2 Å². The van der Waals surface area contributed by atoms with E-state index in [1.54, 1.807) is 0 Å². The first-order valence-corrected chi connectivity index (χ1v) is 13.4. The average Bonchev–Trinajstić information content (AvgIpc) is 3.15. The van der Waals surface area contributed by atoms with Gasteiger partial charge in [-0.25, -0.2) is 0 Å². The van der Waals surface area contributed by atoms with Crippen LogP contribution in [0.2, 0.25) is 0 Å². The van der Waals surface area contributed by atoms with Gasteiger partial charge in [0.15, 0.2) is 0 Å². The molecular weight excluding hydrogens is 418 g/mol. The summed E-state index contributed by atoms with van der Waals surface area (Å²) in [6.45, 7) is 8.11. The molecule has 0 heterocycles. The number of esters is 1. The molecule has 11 atom stereocenters. The first-order chi connectivity index (χ1) is 15.7. The minimum absolute atomic E-state index is 0.154. The summed E-state index contributed by atoms with van der Waals surface area (Å²) in [5.74, 6) is 1.98. The Hall–Kier alpha value is -0.690. The highest BCUT2D eigenvalue weighted by molar-refractivity contribution is 5.69. The van der Waals surface area contributed by atoms with Crippen molar-refractivity contribution in [2.75, 3.05) is 20.3 Å². The molecule has 0 amide bonds. The summed E-state index contributed by atoms with van der Waals surface area (Å²) in [7, 11) is 1.45. The van der Waals surface area contributed by atoms with Crippen LogP contribution in [0, 0.1) is 46.3 Å². The summed E-state index contributed by atoms with van der Waals surface area (Å²) in [6.07, 6.45) is 7.78. The lowest BCUT2D eigenvalue weighted by Gasteiger charge is -2.63. The van der Waals surface area contributed by atoms with Crippen molar-refractivity contribution in [3.05, 3.63) is 0 Å². The fraction of sp³-hybridized carbons (Fsp3) is 0.963. The van der Waals surface area contributed by atoms with E-state index in [-0.39, 0.29) is 41.0 Å². The van der Waals surface area contributed by atoms with Gasteiger partial charge in [-0.1, -0.05) is 20.8 Å². The third-order valence-corrected chi connectivity index (χ3v) is 11.0. The second kappa shape index (κ2) is 9.75. The van der Waals surface area contributed by atoms with Crippen LogP contribution >= 0.6 is 0 Å². The van der Waals surface area contributed by atoms with Crippen molar-refractivity contribution in [1.29, 1.82) is 0 Å². The zero-order valence-corrected chi connectivity index (χ0v) is 21.2. The van der Waals surface area contributed by atoms with Crippen molar-refractivity contribution in [2.24, 2.45) is 52.1 Å². The van der Waals surface area contributed by atoms with Gasteiger partial charge in [-0.3, -0.25) is 4.79 Å². The molecule has 0 spiro atoms. The fourth-order valence-electron chi connectivity index (χ4n) is 9.15. The zero-order valence-electron chi connectivity index (χ0n) is 21.2. The lowest BCUT2D eigenvalue weighted by molar-refractivity contribution is -0.209. The second-order valence-electron chi connectivity index (χ2n) is 12.2. The highest BCUT2D eigenvalue weighted by atomic mass is 16.5. The Morgan fingerprint density at radius 3 is 2.58 bits per heavy atom. The van der Waals surface area contributed by atoms with Crippen molar-refractivity contribution in [2.45, 2.75) is 96.9 Å². The number of methoxy groups -OCH3 is 1. The molecule has 4 saturated carbocycles. The summed E-state index contributed by atoms with van der Waals surface area (Å²) in [5, 5.41) is 23.2. The molecule has 6 heteroatoms. The van der Waals surface area contributed by atoms with Crippen LogP contribution in [0.25, 0.3) is 0 Å². The molecule has 6 nitrogen and oxygen atoms in total. The van der Waals surface area contributed by atoms with Gasteiger partial charge in [-0.2, -0.15) is 0 Å². The normalized spacial score (nSPS) is 47.8. The Morgan fingerprint density at radius 2 is 1.88 bits per heavy atom. The van der Waals surface area contributed by atoms with Gasteiger partial charge in [0.05, 0.1) is 32.0 Å². The first-order valence-electron chi connectivity index (χ1n) is 13.4. The van der Waals surface area contributed by atoms with Crippen LogP contribution in [-0.2, 0) is 14.3 Å². The number of aliphatic hydroxyl groups excluding tert-OH is 2. The van der Waals surface area contributed by atoms with Gasteiger partial charge in [0.25, 0.3) is 0 Å². The molecule has 0 aliphatic heterocycles. The maximum Gasteiger partial charge on any atom is 0.305 e. The van der Waals surface area contributed by atoms with Crippen LogP contribution in [0.5, 0.6) is 0 Å². The Bertz CT molecular complexity index is 702. The summed E-state index contributed by atoms with van der Waals surface area (Å²) in [6, 6.07) is 0. The van der Waals surface area contributed by atoms with Crippen molar-refractivity contribution >= 4 is 5.97 Å². The predicted molar refractivity (Wildman–Crippen MR) is 127 cm³/mol. The largest absolute Gasteiger partial charge is 0.469 e. The number of hydrogen-bond acceptors (Lipinski definition) is 6. The highest BCUT2D eigenvalue weighted by Crippen LogP contribution is 2.68. The molecular formula is C27H47NO5. The highest BCUT2D eigenvalue weighted by Gasteiger charge is 2.65. The molecule has 4 fully saturated rings. The van der Waals surface area contributed by atoms with Crippen LogP contribution in [0.4, 0.5) is 0 Å². The summed E-state index contributed by atoms with van der Waals surface area (Å²) in [4.78, 5) is 11.7. The fourth-order valence-corrected chi connectivity index (χ4v) is 9.15. The molecule has 4 rings (SSSR count). The van der Waals surface area contributed by atoms with Crippen molar-refractivity contribution < 1.29 is 24.5 Å². The van der Waals surface area contributed by atoms with Crippen molar-refractivity contribution in [1.82, 2.24) is 0 Å². The Balaban J connectivity index is 1.52. The number of aliphatic hydroxyl groups is 2. The maximum atomic E-state index is 11.7. The molecule has 0 aromatic rings. The van der Waals surface area contributed by atoms with E-state index < -0.39 is 0 Å². The van der Waals surface area contributed by atoms with Gasteiger partial charge in [0.1, 0.15) is 0 Å². The molecule has 4 N–H and O–H groups in total. The third-order valence-electron chi connectivity index (χ3n) is 11.0. The number of ether oxygens (including phenoxy) is 2. The number of rotatable bonds is 7. The van der Waals surface area contributed by atoms with Gasteiger partial charge in [-0.05, 0) is 97.7 Å². The van der Waals surface area contributed by atoms with E-state index in [2.05, 4.69) is 20.8 Å². The Morgan fingerprint density at radius 1 is 1.12 bits per heavy atom. The van der Waals surface area contributed by atoms with Gasteiger partial charge < -0.3 is 25.4 Å². The molecule has 0 aromatic heterocycles. The molecule has 4 aliphatic rings. The summed E-state index contributed by atoms with van der Waals surface area (Å²) < 4.78 is 10.9. The molecule has 4 aliphatic carbocycles. The minimum Gasteiger partial charge on any atom is -0.469 e. The lowest BCUT2D eigenvalue weighted by atomic mass is 9.43. The summed E-state index contributed by atoms with van der Waals surface area (Å²) >= 11 is 0. The van der Waals surface area contributed by atoms with Crippen LogP contribution in [0.15, 0.2) is 0 Å². The summed E-state index contributed by atoms with van der Waals surface area (Å²) in [5.41, 5.74) is 5.61. The third kappa shape index (κ3) is 4.28. The standard InChI is InChI=1S/C27H47NO5/c1-16(5-8-24(31)32-4)19-6-7-20-25-21(15-23(30)27(19,20)3)26(2)10-9-18(33-12-11-28)13-17(26)14-22(25)29/h16-23,25,29-30H,5-15,28H2,1-4H3/t16-,17?,18-,19-,20?,21?,22-,23+,25?,26+,27-/m1/s1. The van der Waals surface area contributed by atoms with Gasteiger partial charge in [0.2, 0.25) is 0 Å². The van der Waals surface area contributed by atoms with E-state index in [9.17, 15) is 15.0 Å². The number of carbonyl (C=O) groups is 1. The van der Waals surface area contributed by atoms with E-state index >= 15 is 0 Å². The average molecular weight is 466 g/mol. The molecule has 0 saturated heterocycles. The smallest absolute Gasteiger partial charge is 0.305 e. The maximum absolute atomic E-state index is 11.7. The quantitative estimate of drug-likeness (QED) is 0.497. The second-order valence-corrected chi connectivity index (χ2v) is 12.2. The van der Waals surface area contributed by atoms with Gasteiger partial charge in [-0.15, -0.1) is 0 Å². The molecule has 0 aromatic carbocycles. The lowest BCUT2D eigenvalue weighted by Crippen LogP contribution is -2.62. The Labute approximate surface area is 200 Å². The van der Waals surface area contributed by atoms with Gasteiger partial charge >= 0.3 is 5.97 Å².